The van der Waals surface area contributed by atoms with Crippen molar-refractivity contribution in [3.63, 3.8) is 0 Å². The minimum Gasteiger partial charge on any atom is -0.290 e. The van der Waals surface area contributed by atoms with Crippen LogP contribution >= 0.6 is 11.3 Å². The van der Waals surface area contributed by atoms with E-state index in [1.54, 1.807) is 12.1 Å². The Bertz CT molecular complexity index is 638. The molecule has 75 valence electrons. The van der Waals surface area contributed by atoms with Crippen molar-refractivity contribution in [3.05, 3.63) is 42.8 Å². The van der Waals surface area contributed by atoms with Gasteiger partial charge in [-0.25, -0.2) is 9.37 Å². The van der Waals surface area contributed by atoms with Gasteiger partial charge in [0.25, 0.3) is 0 Å². The zero-order valence-corrected chi connectivity index (χ0v) is 8.72. The molecule has 0 saturated heterocycles. The van der Waals surface area contributed by atoms with Crippen LogP contribution in [0.4, 0.5) is 4.39 Å². The monoisotopic (exact) mass is 219 g/mol. The van der Waals surface area contributed by atoms with Gasteiger partial charge in [-0.1, -0.05) is 11.3 Å². The molecule has 2 aromatic heterocycles. The third-order valence-corrected chi connectivity index (χ3v) is 3.38. The van der Waals surface area contributed by atoms with Crippen molar-refractivity contribution in [1.29, 1.82) is 0 Å². The molecular formula is C11H8FN2S. The molecule has 0 fully saturated rings. The van der Waals surface area contributed by atoms with Gasteiger partial charge in [0, 0.05) is 6.20 Å². The van der Waals surface area contributed by atoms with Crippen molar-refractivity contribution < 1.29 is 4.39 Å². The number of halogens is 1. The topological polar surface area (TPSA) is 17.3 Å². The SMILES string of the molecule is [CH2]Cc1cn2c(n1)sc1cc(F)ccc12. The molecule has 2 heterocycles. The summed E-state index contributed by atoms with van der Waals surface area (Å²) in [7, 11) is 0. The molecule has 3 rings (SSSR count). The van der Waals surface area contributed by atoms with Crippen LogP contribution < -0.4 is 0 Å². The van der Waals surface area contributed by atoms with Crippen LogP contribution in [0.25, 0.3) is 15.2 Å². The van der Waals surface area contributed by atoms with Gasteiger partial charge in [0.2, 0.25) is 0 Å². The molecule has 0 bridgehead atoms. The molecule has 0 atom stereocenters. The Labute approximate surface area is 90.0 Å². The number of hydrogen-bond donors (Lipinski definition) is 0. The fourth-order valence-corrected chi connectivity index (χ4v) is 2.69. The number of hydrogen-bond acceptors (Lipinski definition) is 2. The summed E-state index contributed by atoms with van der Waals surface area (Å²) < 4.78 is 15.9. The van der Waals surface area contributed by atoms with Crippen molar-refractivity contribution in [1.82, 2.24) is 9.38 Å². The lowest BCUT2D eigenvalue weighted by atomic mass is 10.3. The average molecular weight is 219 g/mol. The van der Waals surface area contributed by atoms with Crippen LogP contribution in [0.3, 0.4) is 0 Å². The van der Waals surface area contributed by atoms with E-state index < -0.39 is 0 Å². The predicted octanol–water partition coefficient (Wildman–Crippen LogP) is 3.06. The number of aromatic nitrogens is 2. The zero-order valence-electron chi connectivity index (χ0n) is 7.90. The Kier molecular flexibility index (Phi) is 1.79. The highest BCUT2D eigenvalue weighted by Crippen LogP contribution is 2.26. The molecule has 0 saturated carbocycles. The maximum atomic E-state index is 13.0. The highest BCUT2D eigenvalue weighted by atomic mass is 32.1. The van der Waals surface area contributed by atoms with E-state index in [0.29, 0.717) is 6.42 Å². The van der Waals surface area contributed by atoms with Crippen molar-refractivity contribution in [2.45, 2.75) is 6.42 Å². The lowest BCUT2D eigenvalue weighted by Crippen LogP contribution is -1.79. The Morgan fingerprint density at radius 2 is 2.33 bits per heavy atom. The summed E-state index contributed by atoms with van der Waals surface area (Å²) in [5, 5.41) is 0. The molecule has 3 aromatic rings. The zero-order chi connectivity index (χ0) is 10.4. The minimum absolute atomic E-state index is 0.204. The summed E-state index contributed by atoms with van der Waals surface area (Å²) in [6.07, 6.45) is 2.64. The van der Waals surface area contributed by atoms with Crippen LogP contribution in [-0.2, 0) is 6.42 Å². The first kappa shape index (κ1) is 8.85. The van der Waals surface area contributed by atoms with E-state index in [4.69, 9.17) is 0 Å². The summed E-state index contributed by atoms with van der Waals surface area (Å²) in [6, 6.07) is 4.79. The third kappa shape index (κ3) is 1.25. The Morgan fingerprint density at radius 1 is 1.47 bits per heavy atom. The lowest BCUT2D eigenvalue weighted by molar-refractivity contribution is 0.630. The highest BCUT2D eigenvalue weighted by Gasteiger charge is 2.08. The van der Waals surface area contributed by atoms with Gasteiger partial charge in [0.1, 0.15) is 5.82 Å². The van der Waals surface area contributed by atoms with Gasteiger partial charge in [0.15, 0.2) is 4.96 Å². The predicted molar refractivity (Wildman–Crippen MR) is 59.6 cm³/mol. The van der Waals surface area contributed by atoms with Crippen LogP contribution in [0.2, 0.25) is 0 Å². The second-order valence-corrected chi connectivity index (χ2v) is 4.36. The molecule has 2 nitrogen and oxygen atoms in total. The Morgan fingerprint density at radius 3 is 3.13 bits per heavy atom. The van der Waals surface area contributed by atoms with Gasteiger partial charge >= 0.3 is 0 Å². The Balaban J connectivity index is 2.40. The number of thiazole rings is 1. The van der Waals surface area contributed by atoms with E-state index in [-0.39, 0.29) is 5.82 Å². The van der Waals surface area contributed by atoms with Crippen LogP contribution in [-0.4, -0.2) is 9.38 Å². The molecular weight excluding hydrogens is 211 g/mol. The standard InChI is InChI=1S/C11H8FN2S/c1-2-8-6-14-9-4-3-7(12)5-10(9)15-11(14)13-8/h3-6H,1-2H2. The number of nitrogens with zero attached hydrogens (tertiary/aromatic N) is 2. The lowest BCUT2D eigenvalue weighted by Gasteiger charge is -1.90. The first-order valence-electron chi connectivity index (χ1n) is 4.63. The third-order valence-electron chi connectivity index (χ3n) is 2.36. The summed E-state index contributed by atoms with van der Waals surface area (Å²) in [6.45, 7) is 3.79. The van der Waals surface area contributed by atoms with Crippen molar-refractivity contribution in [3.8, 4) is 0 Å². The van der Waals surface area contributed by atoms with Crippen molar-refractivity contribution >= 4 is 26.5 Å². The van der Waals surface area contributed by atoms with Gasteiger partial charge in [0.05, 0.1) is 15.9 Å². The number of imidazole rings is 1. The van der Waals surface area contributed by atoms with Crippen molar-refractivity contribution in [2.75, 3.05) is 0 Å². The van der Waals surface area contributed by atoms with E-state index in [2.05, 4.69) is 11.9 Å². The molecule has 1 radical (unpaired) electrons. The molecule has 0 amide bonds. The number of benzene rings is 1. The fourth-order valence-electron chi connectivity index (χ4n) is 1.64. The minimum atomic E-state index is -0.204. The van der Waals surface area contributed by atoms with E-state index in [1.807, 2.05) is 10.6 Å². The summed E-state index contributed by atoms with van der Waals surface area (Å²) in [4.78, 5) is 5.29. The van der Waals surface area contributed by atoms with Gasteiger partial charge in [-0.15, -0.1) is 0 Å². The maximum absolute atomic E-state index is 13.0. The average Bonchev–Trinajstić information content (AvgIpc) is 2.73. The summed E-state index contributed by atoms with van der Waals surface area (Å²) in [5.41, 5.74) is 1.97. The molecule has 1 aromatic carbocycles. The summed E-state index contributed by atoms with van der Waals surface area (Å²) >= 11 is 1.50. The number of fused-ring (bicyclic) bond motifs is 3. The van der Waals surface area contributed by atoms with E-state index in [9.17, 15) is 4.39 Å². The van der Waals surface area contributed by atoms with Gasteiger partial charge in [-0.05, 0) is 31.5 Å². The summed E-state index contributed by atoms with van der Waals surface area (Å²) in [5.74, 6) is -0.204. The van der Waals surface area contributed by atoms with Crippen LogP contribution in [0.15, 0.2) is 24.4 Å². The van der Waals surface area contributed by atoms with E-state index >= 15 is 0 Å². The van der Waals surface area contributed by atoms with Gasteiger partial charge in [-0.2, -0.15) is 0 Å². The van der Waals surface area contributed by atoms with Gasteiger partial charge in [-0.3, -0.25) is 4.40 Å². The second kappa shape index (κ2) is 3.03. The highest BCUT2D eigenvalue weighted by molar-refractivity contribution is 7.23. The van der Waals surface area contributed by atoms with Crippen molar-refractivity contribution in [2.24, 2.45) is 0 Å². The first-order valence-corrected chi connectivity index (χ1v) is 5.45. The molecule has 0 N–H and O–H groups in total. The van der Waals surface area contributed by atoms with Crippen LogP contribution in [0.5, 0.6) is 0 Å². The smallest absolute Gasteiger partial charge is 0.194 e. The second-order valence-electron chi connectivity index (χ2n) is 3.35. The van der Waals surface area contributed by atoms with E-state index in [1.165, 1.54) is 17.4 Å². The van der Waals surface area contributed by atoms with Gasteiger partial charge < -0.3 is 0 Å². The normalized spacial score (nSPS) is 11.6. The van der Waals surface area contributed by atoms with E-state index in [0.717, 1.165) is 20.9 Å². The molecule has 0 aliphatic heterocycles. The largest absolute Gasteiger partial charge is 0.290 e. The quantitative estimate of drug-likeness (QED) is 0.615. The Hall–Kier alpha value is -1.42. The molecule has 0 spiro atoms. The molecule has 0 unspecified atom stereocenters. The fraction of sp³-hybridized carbons (Fsp3) is 0.0909. The molecule has 15 heavy (non-hydrogen) atoms. The number of rotatable bonds is 1. The van der Waals surface area contributed by atoms with Crippen LogP contribution in [0, 0.1) is 12.7 Å². The first-order chi connectivity index (χ1) is 7.28. The maximum Gasteiger partial charge on any atom is 0.194 e. The molecule has 0 aliphatic rings. The molecule has 4 heteroatoms. The van der Waals surface area contributed by atoms with Crippen LogP contribution in [0.1, 0.15) is 5.69 Å². The molecule has 0 aliphatic carbocycles.